The molecular formula is C27H25ClN4O2. The topological polar surface area (TPSA) is 71.1 Å². The molecule has 2 aromatic heterocycles. The van der Waals surface area contributed by atoms with Gasteiger partial charge in [-0.15, -0.1) is 0 Å². The van der Waals surface area contributed by atoms with E-state index in [2.05, 4.69) is 22.1 Å². The average Bonchev–Trinajstić information content (AvgIpc) is 3.40. The Balaban J connectivity index is 1.59. The van der Waals surface area contributed by atoms with E-state index in [4.69, 9.17) is 16.3 Å². The summed E-state index contributed by atoms with van der Waals surface area (Å²) in [6, 6.07) is 19.1. The van der Waals surface area contributed by atoms with Crippen molar-refractivity contribution in [2.45, 2.75) is 32.4 Å². The van der Waals surface area contributed by atoms with Crippen molar-refractivity contribution in [1.82, 2.24) is 20.1 Å². The number of fused-ring (bicyclic) bond motifs is 1. The predicted molar refractivity (Wildman–Crippen MR) is 132 cm³/mol. The van der Waals surface area contributed by atoms with E-state index in [1.54, 1.807) is 12.4 Å². The second-order valence-electron chi connectivity index (χ2n) is 8.34. The zero-order valence-electron chi connectivity index (χ0n) is 18.9. The van der Waals surface area contributed by atoms with Crippen molar-refractivity contribution in [3.63, 3.8) is 0 Å². The fourth-order valence-electron chi connectivity index (χ4n) is 4.33. The number of nitrogens with one attached hydrogen (secondary N) is 1. The van der Waals surface area contributed by atoms with Crippen LogP contribution in [0.2, 0.25) is 5.02 Å². The van der Waals surface area contributed by atoms with Gasteiger partial charge in [0.25, 0.3) is 5.91 Å². The first kappa shape index (κ1) is 22.2. The molecule has 2 aromatic carbocycles. The zero-order valence-corrected chi connectivity index (χ0v) is 19.6. The first-order valence-corrected chi connectivity index (χ1v) is 11.8. The number of carbonyl (C=O) groups excluding carboxylic acids is 1. The van der Waals surface area contributed by atoms with Crippen molar-refractivity contribution < 1.29 is 9.53 Å². The van der Waals surface area contributed by atoms with E-state index in [9.17, 15) is 4.79 Å². The number of aromatic amines is 1. The highest BCUT2D eigenvalue weighted by Gasteiger charge is 2.42. The molecule has 0 bridgehead atoms. The van der Waals surface area contributed by atoms with Crippen LogP contribution in [-0.2, 0) is 6.54 Å². The third-order valence-electron chi connectivity index (χ3n) is 6.00. The summed E-state index contributed by atoms with van der Waals surface area (Å²) in [5, 5.41) is 8.18. The molecule has 0 saturated heterocycles. The van der Waals surface area contributed by atoms with Crippen molar-refractivity contribution in [1.29, 1.82) is 0 Å². The Hall–Kier alpha value is -3.64. The Labute approximate surface area is 203 Å². The molecule has 0 saturated carbocycles. The van der Waals surface area contributed by atoms with Crippen molar-refractivity contribution in [2.24, 2.45) is 0 Å². The first-order valence-electron chi connectivity index (χ1n) is 11.4. The number of pyridine rings is 1. The van der Waals surface area contributed by atoms with Gasteiger partial charge in [-0.05, 0) is 47.9 Å². The van der Waals surface area contributed by atoms with Crippen LogP contribution in [0.5, 0.6) is 5.75 Å². The van der Waals surface area contributed by atoms with Gasteiger partial charge in [0.05, 0.1) is 18.3 Å². The maximum atomic E-state index is 13.6. The highest BCUT2D eigenvalue weighted by atomic mass is 35.5. The fraction of sp³-hybridized carbons (Fsp3) is 0.222. The summed E-state index contributed by atoms with van der Waals surface area (Å²) in [6.07, 6.45) is 5.58. The minimum Gasteiger partial charge on any atom is -0.494 e. The number of halogens is 1. The normalized spacial score (nSPS) is 14.9. The minimum atomic E-state index is -0.318. The van der Waals surface area contributed by atoms with Crippen molar-refractivity contribution in [3.8, 4) is 17.0 Å². The monoisotopic (exact) mass is 472 g/mol. The highest BCUT2D eigenvalue weighted by molar-refractivity contribution is 6.30. The van der Waals surface area contributed by atoms with E-state index >= 15 is 0 Å². The van der Waals surface area contributed by atoms with Gasteiger partial charge in [0.15, 0.2) is 0 Å². The molecule has 3 heterocycles. The number of rotatable bonds is 8. The molecule has 5 rings (SSSR count). The standard InChI is InChI=1S/C27H25ClN4O2/c1-2-3-14-34-22-8-4-7-20(15-22)26-23-24(19-9-11-21(28)12-10-19)30-31-25(23)27(33)32(26)17-18-6-5-13-29-16-18/h4-13,15-16,26H,2-3,14,17H2,1H3,(H,30,31). The van der Waals surface area contributed by atoms with Crippen molar-refractivity contribution in [2.75, 3.05) is 6.61 Å². The largest absolute Gasteiger partial charge is 0.494 e. The van der Waals surface area contributed by atoms with Crippen LogP contribution in [0.1, 0.15) is 53.0 Å². The summed E-state index contributed by atoms with van der Waals surface area (Å²) in [4.78, 5) is 19.7. The molecule has 7 heteroatoms. The fourth-order valence-corrected chi connectivity index (χ4v) is 4.46. The second kappa shape index (κ2) is 9.69. The van der Waals surface area contributed by atoms with Crippen LogP contribution in [0.3, 0.4) is 0 Å². The molecule has 0 radical (unpaired) electrons. The molecule has 1 N–H and O–H groups in total. The number of nitrogens with zero attached hydrogens (tertiary/aromatic N) is 3. The van der Waals surface area contributed by atoms with Gasteiger partial charge in [-0.3, -0.25) is 14.9 Å². The third-order valence-corrected chi connectivity index (χ3v) is 6.25. The summed E-state index contributed by atoms with van der Waals surface area (Å²) < 4.78 is 5.97. The molecule has 172 valence electrons. The molecule has 0 spiro atoms. The molecule has 0 fully saturated rings. The van der Waals surface area contributed by atoms with E-state index < -0.39 is 0 Å². The van der Waals surface area contributed by atoms with E-state index in [0.717, 1.165) is 46.5 Å². The molecule has 34 heavy (non-hydrogen) atoms. The lowest BCUT2D eigenvalue weighted by atomic mass is 9.95. The van der Waals surface area contributed by atoms with E-state index in [-0.39, 0.29) is 11.9 Å². The van der Waals surface area contributed by atoms with Gasteiger partial charge in [-0.2, -0.15) is 5.10 Å². The third kappa shape index (κ3) is 4.29. The van der Waals surface area contributed by atoms with Crippen molar-refractivity contribution in [3.05, 3.63) is 100 Å². The number of amides is 1. The van der Waals surface area contributed by atoms with Crippen LogP contribution in [0.25, 0.3) is 11.3 Å². The average molecular weight is 473 g/mol. The van der Waals surface area contributed by atoms with E-state index in [1.807, 2.05) is 65.6 Å². The lowest BCUT2D eigenvalue weighted by Gasteiger charge is -2.26. The molecule has 1 amide bonds. The number of unbranched alkanes of at least 4 members (excludes halogenated alkanes) is 1. The Morgan fingerprint density at radius 3 is 2.74 bits per heavy atom. The zero-order chi connectivity index (χ0) is 23.5. The molecular weight excluding hydrogens is 448 g/mol. The van der Waals surface area contributed by atoms with E-state index in [1.165, 1.54) is 0 Å². The van der Waals surface area contributed by atoms with Crippen LogP contribution >= 0.6 is 11.6 Å². The highest BCUT2D eigenvalue weighted by Crippen LogP contribution is 2.44. The van der Waals surface area contributed by atoms with Crippen LogP contribution in [0.4, 0.5) is 0 Å². The Morgan fingerprint density at radius 2 is 1.97 bits per heavy atom. The first-order chi connectivity index (χ1) is 16.7. The molecule has 1 aliphatic rings. The number of ether oxygens (including phenoxy) is 1. The molecule has 1 atom stereocenters. The number of hydrogen-bond acceptors (Lipinski definition) is 4. The number of H-pyrrole nitrogens is 1. The molecule has 1 unspecified atom stereocenters. The summed E-state index contributed by atoms with van der Waals surface area (Å²) in [7, 11) is 0. The van der Waals surface area contributed by atoms with Crippen LogP contribution in [-0.4, -0.2) is 32.6 Å². The smallest absolute Gasteiger partial charge is 0.273 e. The maximum Gasteiger partial charge on any atom is 0.273 e. The summed E-state index contributed by atoms with van der Waals surface area (Å²) in [5.74, 6) is 0.707. The number of hydrogen-bond donors (Lipinski definition) is 1. The molecule has 1 aliphatic heterocycles. The van der Waals surface area contributed by atoms with Gasteiger partial charge in [0.1, 0.15) is 11.4 Å². The van der Waals surface area contributed by atoms with Crippen LogP contribution in [0, 0.1) is 0 Å². The number of benzene rings is 2. The lowest BCUT2D eigenvalue weighted by Crippen LogP contribution is -2.29. The molecule has 0 aliphatic carbocycles. The van der Waals surface area contributed by atoms with Crippen molar-refractivity contribution >= 4 is 17.5 Å². The van der Waals surface area contributed by atoms with Gasteiger partial charge in [-0.1, -0.05) is 55.3 Å². The predicted octanol–water partition coefficient (Wildman–Crippen LogP) is 6.05. The summed E-state index contributed by atoms with van der Waals surface area (Å²) >= 11 is 6.11. The summed E-state index contributed by atoms with van der Waals surface area (Å²) in [5.41, 5.74) is 4.95. The number of carbonyl (C=O) groups is 1. The Bertz CT molecular complexity index is 1290. The Morgan fingerprint density at radius 1 is 1.12 bits per heavy atom. The van der Waals surface area contributed by atoms with Crippen LogP contribution < -0.4 is 4.74 Å². The molecule has 6 nitrogen and oxygen atoms in total. The maximum absolute atomic E-state index is 13.6. The number of aromatic nitrogens is 3. The van der Waals surface area contributed by atoms with E-state index in [0.29, 0.717) is 23.9 Å². The molecule has 4 aromatic rings. The Kier molecular flexibility index (Phi) is 6.32. The minimum absolute atomic E-state index is 0.0890. The van der Waals surface area contributed by atoms with Gasteiger partial charge in [0.2, 0.25) is 0 Å². The lowest BCUT2D eigenvalue weighted by molar-refractivity contribution is 0.0729. The van der Waals surface area contributed by atoms with Crippen LogP contribution in [0.15, 0.2) is 73.1 Å². The van der Waals surface area contributed by atoms with Gasteiger partial charge >= 0.3 is 0 Å². The van der Waals surface area contributed by atoms with Gasteiger partial charge < -0.3 is 9.64 Å². The quantitative estimate of drug-likeness (QED) is 0.317. The van der Waals surface area contributed by atoms with Gasteiger partial charge in [0, 0.05) is 35.1 Å². The van der Waals surface area contributed by atoms with Gasteiger partial charge in [-0.25, -0.2) is 0 Å². The SMILES string of the molecule is CCCCOc1cccc(C2c3c(-c4ccc(Cl)cc4)n[nH]c3C(=O)N2Cc2cccnc2)c1. The summed E-state index contributed by atoms with van der Waals surface area (Å²) in [6.45, 7) is 3.23. The second-order valence-corrected chi connectivity index (χ2v) is 8.78.